The summed E-state index contributed by atoms with van der Waals surface area (Å²) in [6.45, 7) is 0. The monoisotopic (exact) mass is 266 g/mol. The fourth-order valence-corrected chi connectivity index (χ4v) is 1.91. The maximum atomic E-state index is 11.3. The smallest absolute Gasteiger partial charge is 0.267 e. The van der Waals surface area contributed by atoms with Crippen molar-refractivity contribution in [3.63, 3.8) is 0 Å². The van der Waals surface area contributed by atoms with Crippen molar-refractivity contribution in [3.05, 3.63) is 42.1 Å². The minimum Gasteiger partial charge on any atom is -0.364 e. The van der Waals surface area contributed by atoms with Gasteiger partial charge in [-0.05, 0) is 12.1 Å². The Morgan fingerprint density at radius 2 is 1.83 bits per heavy atom. The van der Waals surface area contributed by atoms with Gasteiger partial charge in [-0.1, -0.05) is 18.2 Å². The molecule has 0 aliphatic carbocycles. The number of carbonyl (C=O) groups is 1. The van der Waals surface area contributed by atoms with Crippen molar-refractivity contribution >= 4 is 15.9 Å². The largest absolute Gasteiger partial charge is 0.364 e. The number of amides is 1. The van der Waals surface area contributed by atoms with Gasteiger partial charge < -0.3 is 5.73 Å². The second-order valence-corrected chi connectivity index (χ2v) is 5.03. The molecular formula is C10H10N4O3S. The Bertz CT molecular complexity index is 691. The van der Waals surface area contributed by atoms with Crippen LogP contribution in [-0.2, 0) is 10.0 Å². The summed E-state index contributed by atoms with van der Waals surface area (Å²) in [5.74, 6) is -0.791. The predicted molar refractivity (Wildman–Crippen MR) is 63.5 cm³/mol. The van der Waals surface area contributed by atoms with E-state index in [9.17, 15) is 13.2 Å². The van der Waals surface area contributed by atoms with Crippen LogP contribution in [-0.4, -0.2) is 24.1 Å². The summed E-state index contributed by atoms with van der Waals surface area (Å²) in [5.41, 5.74) is 5.64. The first-order chi connectivity index (χ1) is 8.39. The zero-order valence-electron chi connectivity index (χ0n) is 9.15. The van der Waals surface area contributed by atoms with E-state index in [2.05, 4.69) is 5.10 Å². The lowest BCUT2D eigenvalue weighted by Crippen LogP contribution is -2.16. The molecule has 1 aromatic carbocycles. The summed E-state index contributed by atoms with van der Waals surface area (Å²) < 4.78 is 23.5. The highest BCUT2D eigenvalue weighted by molar-refractivity contribution is 7.89. The molecule has 1 amide bonds. The molecule has 94 valence electrons. The van der Waals surface area contributed by atoms with Gasteiger partial charge in [0.25, 0.3) is 15.9 Å². The first-order valence-corrected chi connectivity index (χ1v) is 6.42. The summed E-state index contributed by atoms with van der Waals surface area (Å²) in [7, 11) is -3.99. The number of primary sulfonamides is 1. The molecule has 0 radical (unpaired) electrons. The molecule has 0 bridgehead atoms. The van der Waals surface area contributed by atoms with Crippen LogP contribution >= 0.6 is 0 Å². The molecule has 4 N–H and O–H groups in total. The third kappa shape index (κ3) is 2.24. The van der Waals surface area contributed by atoms with Gasteiger partial charge in [0.15, 0.2) is 5.03 Å². The Kier molecular flexibility index (Phi) is 2.89. The van der Waals surface area contributed by atoms with Crippen LogP contribution < -0.4 is 10.9 Å². The van der Waals surface area contributed by atoms with Crippen molar-refractivity contribution in [3.8, 4) is 5.69 Å². The van der Waals surface area contributed by atoms with Crippen LogP contribution in [0.4, 0.5) is 0 Å². The maximum absolute atomic E-state index is 11.3. The van der Waals surface area contributed by atoms with Crippen LogP contribution in [0.3, 0.4) is 0 Å². The van der Waals surface area contributed by atoms with Crippen LogP contribution in [0, 0.1) is 0 Å². The van der Waals surface area contributed by atoms with Crippen LogP contribution in [0.2, 0.25) is 0 Å². The van der Waals surface area contributed by atoms with Gasteiger partial charge in [0.2, 0.25) is 0 Å². The van der Waals surface area contributed by atoms with E-state index in [0.29, 0.717) is 5.69 Å². The van der Waals surface area contributed by atoms with Crippen molar-refractivity contribution < 1.29 is 13.2 Å². The second-order valence-electron chi connectivity index (χ2n) is 3.52. The third-order valence-corrected chi connectivity index (χ3v) is 3.01. The van der Waals surface area contributed by atoms with E-state index >= 15 is 0 Å². The number of nitrogens with two attached hydrogens (primary N) is 2. The summed E-state index contributed by atoms with van der Waals surface area (Å²) in [5, 5.41) is 8.33. The molecule has 8 heteroatoms. The third-order valence-electron chi connectivity index (χ3n) is 2.23. The Labute approximate surface area is 103 Å². The van der Waals surface area contributed by atoms with E-state index in [1.165, 1.54) is 0 Å². The summed E-state index contributed by atoms with van der Waals surface area (Å²) in [6, 6.07) is 9.58. The normalized spacial score (nSPS) is 11.4. The molecule has 0 saturated carbocycles. The number of rotatable bonds is 3. The first-order valence-electron chi connectivity index (χ1n) is 4.87. The number of sulfonamides is 1. The Balaban J connectivity index is 2.67. The highest BCUT2D eigenvalue weighted by atomic mass is 32.2. The molecule has 0 atom stereocenters. The van der Waals surface area contributed by atoms with Gasteiger partial charge in [-0.2, -0.15) is 5.10 Å². The molecular weight excluding hydrogens is 256 g/mol. The molecule has 0 saturated heterocycles. The van der Waals surface area contributed by atoms with Crippen molar-refractivity contribution in [1.29, 1.82) is 0 Å². The summed E-state index contributed by atoms with van der Waals surface area (Å²) in [4.78, 5) is 11.3. The van der Waals surface area contributed by atoms with Gasteiger partial charge in [0.1, 0.15) is 5.69 Å². The average molecular weight is 266 g/mol. The van der Waals surface area contributed by atoms with Crippen LogP contribution in [0.15, 0.2) is 41.4 Å². The van der Waals surface area contributed by atoms with E-state index in [0.717, 1.165) is 10.7 Å². The minimum atomic E-state index is -3.99. The minimum absolute atomic E-state index is 0.0507. The Morgan fingerprint density at radius 3 is 2.33 bits per heavy atom. The maximum Gasteiger partial charge on any atom is 0.267 e. The molecule has 1 aromatic heterocycles. The van der Waals surface area contributed by atoms with E-state index in [1.54, 1.807) is 30.3 Å². The molecule has 1 heterocycles. The second kappa shape index (κ2) is 4.24. The van der Waals surface area contributed by atoms with Gasteiger partial charge in [0.05, 0.1) is 5.69 Å². The number of hydrogen-bond donors (Lipinski definition) is 2. The van der Waals surface area contributed by atoms with Gasteiger partial charge in [-0.25, -0.2) is 18.2 Å². The van der Waals surface area contributed by atoms with Gasteiger partial charge in [0, 0.05) is 6.07 Å². The molecule has 18 heavy (non-hydrogen) atoms. The lowest BCUT2D eigenvalue weighted by Gasteiger charge is -2.03. The standard InChI is InChI=1S/C10H10N4O3S/c11-10(15)8-6-9(18(12,16)17)13-14(8)7-4-2-1-3-5-7/h1-6H,(H2,11,15)(H2,12,16,17). The zero-order chi connectivity index (χ0) is 13.3. The van der Waals surface area contributed by atoms with Crippen molar-refractivity contribution in [2.24, 2.45) is 10.9 Å². The Hall–Kier alpha value is -2.19. The topological polar surface area (TPSA) is 121 Å². The summed E-state index contributed by atoms with van der Waals surface area (Å²) in [6.07, 6.45) is 0. The number of carbonyl (C=O) groups excluding carboxylic acids is 1. The van der Waals surface area contributed by atoms with E-state index in [4.69, 9.17) is 10.9 Å². The van der Waals surface area contributed by atoms with E-state index < -0.39 is 21.0 Å². The molecule has 2 aromatic rings. The number of nitrogens with zero attached hydrogens (tertiary/aromatic N) is 2. The lowest BCUT2D eigenvalue weighted by atomic mass is 10.3. The number of primary amides is 1. The van der Waals surface area contributed by atoms with Gasteiger partial charge >= 0.3 is 0 Å². The van der Waals surface area contributed by atoms with Crippen molar-refractivity contribution in [2.75, 3.05) is 0 Å². The molecule has 0 fully saturated rings. The van der Waals surface area contributed by atoms with Crippen LogP contribution in [0.5, 0.6) is 0 Å². The SMILES string of the molecule is NC(=O)c1cc(S(N)(=O)=O)nn1-c1ccccc1. The molecule has 2 rings (SSSR count). The fraction of sp³-hybridized carbons (Fsp3) is 0. The van der Waals surface area contributed by atoms with Crippen molar-refractivity contribution in [2.45, 2.75) is 5.03 Å². The molecule has 0 aliphatic heterocycles. The zero-order valence-corrected chi connectivity index (χ0v) is 9.96. The summed E-state index contributed by atoms with van der Waals surface area (Å²) >= 11 is 0. The Morgan fingerprint density at radius 1 is 1.22 bits per heavy atom. The van der Waals surface area contributed by atoms with E-state index in [-0.39, 0.29) is 5.69 Å². The number of hydrogen-bond acceptors (Lipinski definition) is 4. The lowest BCUT2D eigenvalue weighted by molar-refractivity contribution is 0.0993. The molecule has 7 nitrogen and oxygen atoms in total. The predicted octanol–water partition coefficient (Wildman–Crippen LogP) is -0.381. The average Bonchev–Trinajstić information content (AvgIpc) is 2.74. The highest BCUT2D eigenvalue weighted by Crippen LogP contribution is 2.14. The molecule has 0 spiro atoms. The van der Waals surface area contributed by atoms with E-state index in [1.807, 2.05) is 0 Å². The van der Waals surface area contributed by atoms with Gasteiger partial charge in [-0.15, -0.1) is 0 Å². The highest BCUT2D eigenvalue weighted by Gasteiger charge is 2.20. The van der Waals surface area contributed by atoms with Crippen molar-refractivity contribution in [1.82, 2.24) is 9.78 Å². The van der Waals surface area contributed by atoms with Crippen LogP contribution in [0.1, 0.15) is 10.5 Å². The van der Waals surface area contributed by atoms with Crippen LogP contribution in [0.25, 0.3) is 5.69 Å². The number of benzene rings is 1. The first kappa shape index (κ1) is 12.3. The quantitative estimate of drug-likeness (QED) is 0.786. The number of aromatic nitrogens is 2. The number of para-hydroxylation sites is 1. The fourth-order valence-electron chi connectivity index (χ4n) is 1.44. The van der Waals surface area contributed by atoms with Gasteiger partial charge in [-0.3, -0.25) is 4.79 Å². The molecule has 0 unspecified atom stereocenters. The molecule has 0 aliphatic rings.